The molecule has 1 amide bonds. The Morgan fingerprint density at radius 1 is 1.35 bits per heavy atom. The zero-order valence-corrected chi connectivity index (χ0v) is 13.4. The summed E-state index contributed by atoms with van der Waals surface area (Å²) in [7, 11) is 0. The zero-order chi connectivity index (χ0) is 16.2. The molecule has 4 nitrogen and oxygen atoms in total. The van der Waals surface area contributed by atoms with Crippen LogP contribution in [0.5, 0.6) is 0 Å². The van der Waals surface area contributed by atoms with E-state index in [1.165, 1.54) is 18.2 Å². The number of hydrogen-bond donors (Lipinski definition) is 0. The Morgan fingerprint density at radius 2 is 2.13 bits per heavy atom. The molecule has 0 saturated carbocycles. The lowest BCUT2D eigenvalue weighted by Gasteiger charge is -2.32. The summed E-state index contributed by atoms with van der Waals surface area (Å²) in [5, 5.41) is 5.45. The van der Waals surface area contributed by atoms with Crippen LogP contribution >= 0.6 is 11.5 Å². The lowest BCUT2D eigenvalue weighted by Crippen LogP contribution is -2.40. The van der Waals surface area contributed by atoms with Crippen LogP contribution in [0.15, 0.2) is 23.6 Å². The molecule has 1 aliphatic heterocycles. The van der Waals surface area contributed by atoms with Crippen molar-refractivity contribution in [3.05, 3.63) is 46.5 Å². The summed E-state index contributed by atoms with van der Waals surface area (Å²) in [6.07, 6.45) is 2.88. The van der Waals surface area contributed by atoms with Gasteiger partial charge in [-0.3, -0.25) is 4.79 Å². The number of piperidine rings is 1. The second-order valence-corrected chi connectivity index (χ2v) is 6.40. The molecule has 1 aliphatic rings. The van der Waals surface area contributed by atoms with Crippen LogP contribution in [0.3, 0.4) is 0 Å². The van der Waals surface area contributed by atoms with Gasteiger partial charge < -0.3 is 4.90 Å². The highest BCUT2D eigenvalue weighted by molar-refractivity contribution is 7.03. The molecule has 0 N–H and O–H groups in total. The first kappa shape index (κ1) is 16.0. The van der Waals surface area contributed by atoms with Crippen molar-refractivity contribution in [3.63, 3.8) is 0 Å². The predicted molar refractivity (Wildman–Crippen MR) is 83.2 cm³/mol. The van der Waals surface area contributed by atoms with Crippen molar-refractivity contribution < 1.29 is 13.6 Å². The molecule has 1 aromatic carbocycles. The van der Waals surface area contributed by atoms with Crippen LogP contribution in [-0.2, 0) is 6.42 Å². The van der Waals surface area contributed by atoms with Crippen LogP contribution in [-0.4, -0.2) is 33.5 Å². The molecular formula is C16H17F2N3OS. The largest absolute Gasteiger partial charge is 0.337 e. The summed E-state index contributed by atoms with van der Waals surface area (Å²) < 4.78 is 31.1. The highest BCUT2D eigenvalue weighted by Gasteiger charge is 2.26. The molecule has 1 atom stereocenters. The van der Waals surface area contributed by atoms with Crippen molar-refractivity contribution in [2.75, 3.05) is 13.1 Å². The summed E-state index contributed by atoms with van der Waals surface area (Å²) in [6, 6.07) is 3.94. The topological polar surface area (TPSA) is 46.1 Å². The van der Waals surface area contributed by atoms with Crippen molar-refractivity contribution in [2.45, 2.75) is 25.7 Å². The van der Waals surface area contributed by atoms with Crippen molar-refractivity contribution in [1.82, 2.24) is 14.5 Å². The van der Waals surface area contributed by atoms with E-state index in [-0.39, 0.29) is 17.4 Å². The van der Waals surface area contributed by atoms with Gasteiger partial charge >= 0.3 is 0 Å². The number of carbonyl (C=O) groups is 1. The first-order valence-electron chi connectivity index (χ1n) is 7.64. The van der Waals surface area contributed by atoms with Gasteiger partial charge in [0, 0.05) is 24.0 Å². The van der Waals surface area contributed by atoms with Crippen LogP contribution in [0.4, 0.5) is 8.78 Å². The van der Waals surface area contributed by atoms with Gasteiger partial charge in [0.2, 0.25) is 0 Å². The second-order valence-electron chi connectivity index (χ2n) is 5.79. The molecule has 122 valence electrons. The minimum Gasteiger partial charge on any atom is -0.337 e. The van der Waals surface area contributed by atoms with Gasteiger partial charge in [-0.2, -0.15) is 0 Å². The first-order chi connectivity index (χ1) is 11.1. The maximum atomic E-state index is 13.7. The monoisotopic (exact) mass is 337 g/mol. The molecule has 2 heterocycles. The molecule has 0 bridgehead atoms. The molecule has 0 aliphatic carbocycles. The number of benzene rings is 1. The number of amides is 1. The Balaban J connectivity index is 1.60. The average molecular weight is 337 g/mol. The molecule has 1 saturated heterocycles. The summed E-state index contributed by atoms with van der Waals surface area (Å²) in [5.74, 6) is -0.858. The molecule has 1 unspecified atom stereocenters. The summed E-state index contributed by atoms with van der Waals surface area (Å²) >= 11 is 1.15. The van der Waals surface area contributed by atoms with E-state index in [0.29, 0.717) is 31.6 Å². The van der Waals surface area contributed by atoms with Crippen LogP contribution in [0.1, 0.15) is 35.3 Å². The third kappa shape index (κ3) is 3.72. The molecule has 23 heavy (non-hydrogen) atoms. The molecule has 7 heteroatoms. The number of nitrogens with zero attached hydrogens (tertiary/aromatic N) is 3. The molecule has 3 rings (SSSR count). The summed E-state index contributed by atoms with van der Waals surface area (Å²) in [6.45, 7) is 1.30. The van der Waals surface area contributed by atoms with Gasteiger partial charge in [0.05, 0.1) is 0 Å². The Bertz CT molecular complexity index is 658. The fourth-order valence-electron chi connectivity index (χ4n) is 3.02. The highest BCUT2D eigenvalue weighted by Crippen LogP contribution is 2.24. The van der Waals surface area contributed by atoms with Gasteiger partial charge in [0.15, 0.2) is 5.69 Å². The maximum absolute atomic E-state index is 13.7. The molecule has 0 radical (unpaired) electrons. The Kier molecular flexibility index (Phi) is 4.95. The van der Waals surface area contributed by atoms with Gasteiger partial charge in [-0.25, -0.2) is 8.78 Å². The predicted octanol–water partition coefficient (Wildman–Crippen LogP) is 3.30. The van der Waals surface area contributed by atoms with E-state index in [4.69, 9.17) is 0 Å². The highest BCUT2D eigenvalue weighted by atomic mass is 32.1. The Morgan fingerprint density at radius 3 is 2.83 bits per heavy atom. The fourth-order valence-corrected chi connectivity index (χ4v) is 3.45. The molecule has 1 fully saturated rings. The number of hydrogen-bond acceptors (Lipinski definition) is 4. The van der Waals surface area contributed by atoms with Gasteiger partial charge in [0.1, 0.15) is 11.6 Å². The van der Waals surface area contributed by atoms with Gasteiger partial charge in [-0.15, -0.1) is 5.10 Å². The van der Waals surface area contributed by atoms with Crippen LogP contribution < -0.4 is 0 Å². The van der Waals surface area contributed by atoms with Crippen molar-refractivity contribution in [2.24, 2.45) is 5.92 Å². The molecule has 0 spiro atoms. The standard InChI is InChI=1S/C16H17F2N3OS/c17-13-4-1-5-14(18)12(13)7-6-11-3-2-8-21(9-11)16(22)15-10-23-20-19-15/h1,4-5,10-11H,2-3,6-9H2. The quantitative estimate of drug-likeness (QED) is 0.860. The molecule has 1 aromatic heterocycles. The lowest BCUT2D eigenvalue weighted by molar-refractivity contribution is 0.0662. The summed E-state index contributed by atoms with van der Waals surface area (Å²) in [4.78, 5) is 14.1. The van der Waals surface area contributed by atoms with Crippen molar-refractivity contribution >= 4 is 17.4 Å². The Labute approximate surface area is 137 Å². The smallest absolute Gasteiger partial charge is 0.275 e. The maximum Gasteiger partial charge on any atom is 0.275 e. The van der Waals surface area contributed by atoms with Gasteiger partial charge in [0.25, 0.3) is 5.91 Å². The average Bonchev–Trinajstić information content (AvgIpc) is 3.08. The van der Waals surface area contributed by atoms with Gasteiger partial charge in [-0.05, 0) is 55.3 Å². The SMILES string of the molecule is O=C(c1csnn1)N1CCCC(CCc2c(F)cccc2F)C1. The Hall–Kier alpha value is -1.89. The minimum atomic E-state index is -0.498. The van der Waals surface area contributed by atoms with E-state index in [0.717, 1.165) is 24.4 Å². The van der Waals surface area contributed by atoms with Crippen molar-refractivity contribution in [1.29, 1.82) is 0 Å². The number of aromatic nitrogens is 2. The first-order valence-corrected chi connectivity index (χ1v) is 8.48. The molecular weight excluding hydrogens is 320 g/mol. The van der Waals surface area contributed by atoms with E-state index in [1.54, 1.807) is 10.3 Å². The number of halogens is 2. The van der Waals surface area contributed by atoms with Crippen molar-refractivity contribution in [3.8, 4) is 0 Å². The van der Waals surface area contributed by atoms with Crippen LogP contribution in [0.2, 0.25) is 0 Å². The normalized spacial score (nSPS) is 18.2. The van der Waals surface area contributed by atoms with E-state index in [2.05, 4.69) is 9.59 Å². The number of carbonyl (C=O) groups excluding carboxylic acids is 1. The van der Waals surface area contributed by atoms with Gasteiger partial charge in [-0.1, -0.05) is 10.6 Å². The van der Waals surface area contributed by atoms with Crippen LogP contribution in [0, 0.1) is 17.6 Å². The second kappa shape index (κ2) is 7.12. The number of rotatable bonds is 4. The van der Waals surface area contributed by atoms with E-state index < -0.39 is 11.6 Å². The van der Waals surface area contributed by atoms with E-state index >= 15 is 0 Å². The molecule has 2 aromatic rings. The third-order valence-electron chi connectivity index (χ3n) is 4.25. The van der Waals surface area contributed by atoms with E-state index in [9.17, 15) is 13.6 Å². The van der Waals surface area contributed by atoms with E-state index in [1.807, 2.05) is 0 Å². The fraction of sp³-hybridized carbons (Fsp3) is 0.438. The lowest BCUT2D eigenvalue weighted by atomic mass is 9.91. The van der Waals surface area contributed by atoms with Crippen LogP contribution in [0.25, 0.3) is 0 Å². The third-order valence-corrected chi connectivity index (χ3v) is 4.75. The minimum absolute atomic E-state index is 0.111. The number of likely N-dealkylation sites (tertiary alicyclic amines) is 1. The zero-order valence-electron chi connectivity index (χ0n) is 12.5. The summed E-state index contributed by atoms with van der Waals surface area (Å²) in [5.41, 5.74) is 0.510.